The fraction of sp³-hybridized carbons (Fsp3) is 0.795. The zero-order valence-electron chi connectivity index (χ0n) is 34.6. The number of imide groups is 1. The Kier molecular flexibility index (Phi) is 33.0. The van der Waals surface area contributed by atoms with Gasteiger partial charge in [0.1, 0.15) is 0 Å². The van der Waals surface area contributed by atoms with Gasteiger partial charge in [-0.25, -0.2) is 0 Å². The van der Waals surface area contributed by atoms with E-state index in [0.29, 0.717) is 152 Å². The Labute approximate surface area is 351 Å². The summed E-state index contributed by atoms with van der Waals surface area (Å²) in [5.41, 5.74) is 0. The molecule has 21 heteroatoms. The van der Waals surface area contributed by atoms with E-state index in [2.05, 4.69) is 5.32 Å². The molecule has 0 bridgehead atoms. The van der Waals surface area contributed by atoms with Gasteiger partial charge in [0.2, 0.25) is 12.0 Å². The Morgan fingerprint density at radius 2 is 0.750 bits per heavy atom. The summed E-state index contributed by atoms with van der Waals surface area (Å²) in [5.74, 6) is -2.40. The molecule has 0 spiro atoms. The van der Waals surface area contributed by atoms with E-state index in [1.54, 1.807) is 0 Å². The molecule has 0 aromatic rings. The number of ether oxygens (including phenoxy) is 13. The highest BCUT2D eigenvalue weighted by atomic mass is 16.6. The molecule has 0 aromatic carbocycles. The van der Waals surface area contributed by atoms with Crippen LogP contribution in [-0.2, 0) is 90.3 Å². The minimum atomic E-state index is -1.24. The van der Waals surface area contributed by atoms with Crippen molar-refractivity contribution >= 4 is 35.3 Å². The lowest BCUT2D eigenvalue weighted by Crippen LogP contribution is -2.35. The van der Waals surface area contributed by atoms with Gasteiger partial charge in [-0.2, -0.15) is 0 Å². The van der Waals surface area contributed by atoms with Gasteiger partial charge in [-0.05, 0) is 0 Å². The highest BCUT2D eigenvalue weighted by Crippen LogP contribution is 2.14. The van der Waals surface area contributed by atoms with Crippen molar-refractivity contribution in [2.75, 3.05) is 172 Å². The fourth-order valence-corrected chi connectivity index (χ4v) is 4.90. The molecule has 0 aromatic heterocycles. The second-order valence-corrected chi connectivity index (χ2v) is 12.7. The van der Waals surface area contributed by atoms with Crippen molar-refractivity contribution in [3.63, 3.8) is 0 Å². The van der Waals surface area contributed by atoms with Gasteiger partial charge in [0.25, 0.3) is 11.8 Å². The molecule has 1 N–H and O–H groups in total. The van der Waals surface area contributed by atoms with E-state index in [-0.39, 0.29) is 62.9 Å². The molecule has 1 fully saturated rings. The van der Waals surface area contributed by atoms with E-state index in [9.17, 15) is 28.8 Å². The molecule has 1 heterocycles. The number of hydrogen-bond donors (Lipinski definition) is 1. The van der Waals surface area contributed by atoms with Crippen molar-refractivity contribution in [1.82, 2.24) is 10.2 Å². The standard InChI is InChI=1S/C39H64N2O19/c42-33-1-2-34(43)39(33)60-38(47)6-9-48-11-13-50-15-17-52-19-21-54-23-25-56-27-29-58-31-32-59-30-28-57-26-24-55-22-20-53-18-16-51-14-12-49-10-7-40-35(44)5-8-41-36(45)3-4-37(41)46/h3-4,39H,1-2,5-32H2,(H,40,44). The quantitative estimate of drug-likeness (QED) is 0.0330. The van der Waals surface area contributed by atoms with E-state index in [4.69, 9.17) is 61.6 Å². The van der Waals surface area contributed by atoms with Gasteiger partial charge in [-0.3, -0.25) is 33.7 Å². The molecule has 2 rings (SSSR count). The van der Waals surface area contributed by atoms with Crippen molar-refractivity contribution < 1.29 is 90.3 Å². The number of carbonyl (C=O) groups excluding carboxylic acids is 6. The zero-order valence-corrected chi connectivity index (χ0v) is 34.6. The maximum absolute atomic E-state index is 11.8. The first kappa shape index (κ1) is 52.8. The SMILES string of the molecule is O=C(CCN1C(=O)C=CC1=O)NCCOCCOCCOCCOCCOCCOCCOCCOCCOCCOCCOCCOCCC(=O)OC1C(=O)CCC1=O. The lowest BCUT2D eigenvalue weighted by Gasteiger charge is -2.13. The Balaban J connectivity index is 1.14. The molecule has 0 unspecified atom stereocenters. The summed E-state index contributed by atoms with van der Waals surface area (Å²) in [7, 11) is 0. The first-order valence-corrected chi connectivity index (χ1v) is 20.4. The number of amides is 3. The topological polar surface area (TPSA) is 238 Å². The van der Waals surface area contributed by atoms with Gasteiger partial charge in [0, 0.05) is 44.5 Å². The zero-order chi connectivity index (χ0) is 43.1. The molecule has 3 amide bonds. The van der Waals surface area contributed by atoms with Gasteiger partial charge >= 0.3 is 5.97 Å². The summed E-state index contributed by atoms with van der Waals surface area (Å²) < 4.78 is 70.1. The van der Waals surface area contributed by atoms with Crippen LogP contribution in [0.4, 0.5) is 0 Å². The maximum Gasteiger partial charge on any atom is 0.309 e. The number of rotatable bonds is 43. The molecule has 2 aliphatic rings. The van der Waals surface area contributed by atoms with Crippen LogP contribution in [0.25, 0.3) is 0 Å². The van der Waals surface area contributed by atoms with Crippen LogP contribution in [0.1, 0.15) is 25.7 Å². The van der Waals surface area contributed by atoms with Crippen LogP contribution >= 0.6 is 0 Å². The molecule has 60 heavy (non-hydrogen) atoms. The number of hydrogen-bond acceptors (Lipinski definition) is 19. The predicted molar refractivity (Wildman–Crippen MR) is 207 cm³/mol. The highest BCUT2D eigenvalue weighted by Gasteiger charge is 2.36. The monoisotopic (exact) mass is 864 g/mol. The van der Waals surface area contributed by atoms with Gasteiger partial charge in [-0.1, -0.05) is 0 Å². The van der Waals surface area contributed by atoms with Gasteiger partial charge in [0.05, 0.1) is 165 Å². The number of ketones is 2. The Bertz CT molecular complexity index is 1190. The molecule has 0 atom stereocenters. The van der Waals surface area contributed by atoms with E-state index >= 15 is 0 Å². The summed E-state index contributed by atoms with van der Waals surface area (Å²) in [6.07, 6.45) is 1.39. The molecule has 21 nitrogen and oxygen atoms in total. The van der Waals surface area contributed by atoms with Crippen molar-refractivity contribution in [3.05, 3.63) is 12.2 Å². The van der Waals surface area contributed by atoms with Gasteiger partial charge < -0.3 is 66.9 Å². The first-order valence-electron chi connectivity index (χ1n) is 20.4. The molecular weight excluding hydrogens is 800 g/mol. The fourth-order valence-electron chi connectivity index (χ4n) is 4.90. The van der Waals surface area contributed by atoms with E-state index in [0.717, 1.165) is 4.90 Å². The van der Waals surface area contributed by atoms with Crippen LogP contribution in [0.3, 0.4) is 0 Å². The molecule has 0 saturated heterocycles. The lowest BCUT2D eigenvalue weighted by molar-refractivity contribution is -0.158. The Morgan fingerprint density at radius 3 is 1.08 bits per heavy atom. The Hall–Kier alpha value is -3.32. The molecule has 1 aliphatic heterocycles. The summed E-state index contributed by atoms with van der Waals surface area (Å²) in [6, 6.07) is 0. The number of nitrogens with one attached hydrogen (secondary N) is 1. The van der Waals surface area contributed by atoms with E-state index < -0.39 is 23.9 Å². The van der Waals surface area contributed by atoms with Crippen molar-refractivity contribution in [3.8, 4) is 0 Å². The molecule has 0 radical (unpaired) electrons. The molecule has 1 aliphatic carbocycles. The smallest absolute Gasteiger partial charge is 0.309 e. The van der Waals surface area contributed by atoms with Crippen LogP contribution < -0.4 is 5.32 Å². The molecule has 1 saturated carbocycles. The second-order valence-electron chi connectivity index (χ2n) is 12.7. The average Bonchev–Trinajstić information content (AvgIpc) is 3.74. The van der Waals surface area contributed by atoms with Crippen LogP contribution in [0.2, 0.25) is 0 Å². The third-order valence-electron chi connectivity index (χ3n) is 8.03. The van der Waals surface area contributed by atoms with Crippen LogP contribution in [-0.4, -0.2) is 218 Å². The van der Waals surface area contributed by atoms with Crippen LogP contribution in [0.5, 0.6) is 0 Å². The number of nitrogens with zero attached hydrogens (tertiary/aromatic N) is 1. The van der Waals surface area contributed by atoms with E-state index in [1.807, 2.05) is 0 Å². The summed E-state index contributed by atoms with van der Waals surface area (Å²) in [5, 5.41) is 2.67. The Morgan fingerprint density at radius 1 is 0.450 bits per heavy atom. The largest absolute Gasteiger partial charge is 0.446 e. The molecule has 344 valence electrons. The summed E-state index contributed by atoms with van der Waals surface area (Å²) >= 11 is 0. The minimum Gasteiger partial charge on any atom is -0.446 e. The third kappa shape index (κ3) is 29.0. The summed E-state index contributed by atoms with van der Waals surface area (Å²) in [6.45, 7) is 10.1. The van der Waals surface area contributed by atoms with Crippen molar-refractivity contribution in [2.45, 2.75) is 31.8 Å². The average molecular weight is 865 g/mol. The normalized spacial score (nSPS) is 14.3. The third-order valence-corrected chi connectivity index (χ3v) is 8.03. The summed E-state index contributed by atoms with van der Waals surface area (Å²) in [4.78, 5) is 70.4. The van der Waals surface area contributed by atoms with Gasteiger partial charge in [0.15, 0.2) is 11.6 Å². The van der Waals surface area contributed by atoms with Crippen LogP contribution in [0.15, 0.2) is 12.2 Å². The molecular formula is C39H64N2O19. The predicted octanol–water partition coefficient (Wildman–Crippen LogP) is -1.15. The number of Topliss-reactive ketones (excluding diaryl/α,β-unsaturated/α-hetero) is 2. The lowest BCUT2D eigenvalue weighted by atomic mass is 10.3. The number of esters is 1. The number of carbonyl (C=O) groups is 6. The van der Waals surface area contributed by atoms with Crippen LogP contribution in [0, 0.1) is 0 Å². The second kappa shape index (κ2) is 37.4. The minimum absolute atomic E-state index is 0.0416. The van der Waals surface area contributed by atoms with Crippen molar-refractivity contribution in [2.24, 2.45) is 0 Å². The first-order chi connectivity index (χ1) is 29.4. The van der Waals surface area contributed by atoms with E-state index in [1.165, 1.54) is 12.2 Å². The maximum atomic E-state index is 11.8. The van der Waals surface area contributed by atoms with Crippen molar-refractivity contribution in [1.29, 1.82) is 0 Å². The van der Waals surface area contributed by atoms with Gasteiger partial charge in [-0.15, -0.1) is 0 Å². The highest BCUT2D eigenvalue weighted by molar-refractivity contribution is 6.13.